The van der Waals surface area contributed by atoms with Crippen molar-refractivity contribution in [2.45, 2.75) is 18.3 Å². The first-order valence-electron chi connectivity index (χ1n) is 10.7. The average Bonchev–Trinajstić information content (AvgIpc) is 2.87. The first-order chi connectivity index (χ1) is 18.0. The Labute approximate surface area is 219 Å². The number of carbonyl (C=O) groups is 2. The molecular formula is C22H18N4O10S2. The summed E-state index contributed by atoms with van der Waals surface area (Å²) in [4.78, 5) is 50.1. The number of β-lactam (4-membered cyclic amide) rings is 1. The quantitative estimate of drug-likeness (QED) is 0.109. The molecule has 14 nitrogen and oxygen atoms in total. The van der Waals surface area contributed by atoms with Gasteiger partial charge in [0.05, 0.1) is 9.85 Å². The molecule has 4 rings (SSSR count). The molecule has 38 heavy (non-hydrogen) atoms. The summed E-state index contributed by atoms with van der Waals surface area (Å²) in [6, 6.07) is 8.90. The minimum absolute atomic E-state index is 0.0868. The molecule has 2 aromatic carbocycles. The fourth-order valence-electron chi connectivity index (χ4n) is 3.61. The van der Waals surface area contributed by atoms with E-state index in [1.54, 1.807) is 0 Å². The topological polar surface area (TPSA) is 189 Å². The van der Waals surface area contributed by atoms with Crippen LogP contribution >= 0.6 is 11.8 Å². The number of carbonyl (C=O) groups excluding carboxylic acids is 2. The van der Waals surface area contributed by atoms with Gasteiger partial charge in [-0.25, -0.2) is 0 Å². The van der Waals surface area contributed by atoms with Crippen LogP contribution in [-0.2, 0) is 24.4 Å². The van der Waals surface area contributed by atoms with E-state index in [2.05, 4.69) is 4.99 Å². The van der Waals surface area contributed by atoms with Crippen molar-refractivity contribution >= 4 is 51.3 Å². The SMILES string of the molecule is CC(=O)OCC1=C(S(=O)(=O)Oc2ccc([N+](=O)[O-])cc2)N2C(=O)[C@H](N=Cc3ccc([N+](=O)[O-])cc3)[C@@H]2SC1. The maximum absolute atomic E-state index is 13.3. The molecule has 0 bridgehead atoms. The number of ether oxygens (including phenoxy) is 1. The first kappa shape index (κ1) is 26.7. The van der Waals surface area contributed by atoms with Crippen LogP contribution in [0, 0.1) is 20.2 Å². The summed E-state index contributed by atoms with van der Waals surface area (Å²) in [5.41, 5.74) is 0.243. The van der Waals surface area contributed by atoms with E-state index < -0.39 is 54.9 Å². The molecule has 0 aromatic heterocycles. The van der Waals surface area contributed by atoms with Gasteiger partial charge in [0, 0.05) is 48.7 Å². The van der Waals surface area contributed by atoms with Crippen LogP contribution in [-0.4, -0.2) is 65.0 Å². The van der Waals surface area contributed by atoms with Gasteiger partial charge < -0.3 is 8.92 Å². The third kappa shape index (κ3) is 5.50. The van der Waals surface area contributed by atoms with Crippen LogP contribution < -0.4 is 4.18 Å². The summed E-state index contributed by atoms with van der Waals surface area (Å²) in [5.74, 6) is -1.43. The second-order valence-electron chi connectivity index (χ2n) is 7.96. The molecule has 0 saturated carbocycles. The predicted molar refractivity (Wildman–Crippen MR) is 134 cm³/mol. The van der Waals surface area contributed by atoms with Crippen molar-refractivity contribution in [3.63, 3.8) is 0 Å². The second-order valence-corrected chi connectivity index (χ2v) is 10.5. The van der Waals surface area contributed by atoms with E-state index in [0.29, 0.717) is 5.56 Å². The molecule has 1 amide bonds. The van der Waals surface area contributed by atoms with Gasteiger partial charge in [-0.1, -0.05) is 0 Å². The van der Waals surface area contributed by atoms with Crippen LogP contribution in [0.1, 0.15) is 12.5 Å². The van der Waals surface area contributed by atoms with Crippen molar-refractivity contribution in [2.75, 3.05) is 12.4 Å². The molecule has 0 unspecified atom stereocenters. The number of rotatable bonds is 9. The number of thioether (sulfide) groups is 1. The molecule has 0 aliphatic carbocycles. The van der Waals surface area contributed by atoms with Crippen LogP contribution in [0.15, 0.2) is 64.1 Å². The van der Waals surface area contributed by atoms with E-state index in [0.717, 1.165) is 36.1 Å². The van der Waals surface area contributed by atoms with Gasteiger partial charge in [-0.15, -0.1) is 11.8 Å². The lowest BCUT2D eigenvalue weighted by molar-refractivity contribution is -0.385. The number of nitro benzene ring substituents is 2. The maximum atomic E-state index is 13.3. The molecule has 0 N–H and O–H groups in total. The largest absolute Gasteiger partial charge is 0.461 e. The minimum atomic E-state index is -4.64. The van der Waals surface area contributed by atoms with E-state index in [9.17, 15) is 38.2 Å². The van der Waals surface area contributed by atoms with Crippen molar-refractivity contribution in [3.8, 4) is 5.75 Å². The van der Waals surface area contributed by atoms with Gasteiger partial charge in [-0.3, -0.25) is 39.7 Å². The summed E-state index contributed by atoms with van der Waals surface area (Å²) in [7, 11) is -4.64. The lowest BCUT2D eigenvalue weighted by atomic mass is 10.1. The highest BCUT2D eigenvalue weighted by atomic mass is 32.2. The van der Waals surface area contributed by atoms with Crippen molar-refractivity contribution in [1.82, 2.24) is 4.90 Å². The van der Waals surface area contributed by atoms with Crippen molar-refractivity contribution in [3.05, 3.63) is 84.9 Å². The predicted octanol–water partition coefficient (Wildman–Crippen LogP) is 2.39. The second kappa shape index (κ2) is 10.6. The molecule has 2 heterocycles. The number of esters is 1. The number of hydrogen-bond donors (Lipinski definition) is 0. The minimum Gasteiger partial charge on any atom is -0.461 e. The third-order valence-corrected chi connectivity index (χ3v) is 8.09. The summed E-state index contributed by atoms with van der Waals surface area (Å²) in [6.07, 6.45) is 1.36. The zero-order valence-corrected chi connectivity index (χ0v) is 21.1. The molecule has 0 radical (unpaired) electrons. The molecule has 2 atom stereocenters. The Morgan fingerprint density at radius 3 is 2.24 bits per heavy atom. The molecule has 16 heteroatoms. The van der Waals surface area contributed by atoms with Crippen molar-refractivity contribution < 1.29 is 36.8 Å². The maximum Gasteiger partial charge on any atom is 0.355 e. The van der Waals surface area contributed by atoms with Crippen LogP contribution in [0.5, 0.6) is 5.75 Å². The van der Waals surface area contributed by atoms with Gasteiger partial charge in [-0.2, -0.15) is 8.42 Å². The third-order valence-electron chi connectivity index (χ3n) is 5.39. The highest BCUT2D eigenvalue weighted by Crippen LogP contribution is 2.44. The van der Waals surface area contributed by atoms with Gasteiger partial charge in [0.1, 0.15) is 17.7 Å². The Morgan fingerprint density at radius 2 is 1.68 bits per heavy atom. The Balaban J connectivity index is 1.60. The van der Waals surface area contributed by atoms with Gasteiger partial charge in [0.15, 0.2) is 11.1 Å². The highest BCUT2D eigenvalue weighted by Gasteiger charge is 2.55. The van der Waals surface area contributed by atoms with Crippen LogP contribution in [0.2, 0.25) is 0 Å². The van der Waals surface area contributed by atoms with E-state index in [4.69, 9.17) is 8.92 Å². The number of hydrogen-bond acceptors (Lipinski definition) is 12. The normalized spacial score (nSPS) is 19.1. The number of fused-ring (bicyclic) bond motifs is 1. The van der Waals surface area contributed by atoms with E-state index in [-0.39, 0.29) is 28.5 Å². The highest BCUT2D eigenvalue weighted by molar-refractivity contribution is 8.00. The van der Waals surface area contributed by atoms with Crippen LogP contribution in [0.3, 0.4) is 0 Å². The zero-order valence-electron chi connectivity index (χ0n) is 19.5. The summed E-state index contributed by atoms with van der Waals surface area (Å²) in [6.45, 7) is 0.756. The monoisotopic (exact) mass is 562 g/mol. The molecule has 0 spiro atoms. The van der Waals surface area contributed by atoms with Gasteiger partial charge in [0.2, 0.25) is 0 Å². The van der Waals surface area contributed by atoms with Gasteiger partial charge >= 0.3 is 16.1 Å². The molecular weight excluding hydrogens is 544 g/mol. The Morgan fingerprint density at radius 1 is 1.11 bits per heavy atom. The summed E-state index contributed by atoms with van der Waals surface area (Å²) < 4.78 is 36.7. The van der Waals surface area contributed by atoms with Gasteiger partial charge in [-0.05, 0) is 29.8 Å². The fourth-order valence-corrected chi connectivity index (χ4v) is 6.46. The number of benzene rings is 2. The number of non-ortho nitro benzene ring substituents is 2. The van der Waals surface area contributed by atoms with Crippen molar-refractivity contribution in [2.24, 2.45) is 4.99 Å². The van der Waals surface area contributed by atoms with E-state index in [1.165, 1.54) is 42.2 Å². The Bertz CT molecular complexity index is 1470. The van der Waals surface area contributed by atoms with Crippen molar-refractivity contribution in [1.29, 1.82) is 0 Å². The lowest BCUT2D eigenvalue weighted by Gasteiger charge is -2.47. The summed E-state index contributed by atoms with van der Waals surface area (Å²) >= 11 is 1.22. The standard InChI is InChI=1S/C22H18N4O10S2/c1-13(27)35-11-15-12-37-21-19(23-10-14-2-4-16(5-3-14)25(29)30)20(28)24(21)22(15)38(33,34)36-18-8-6-17(7-9-18)26(31)32/h2-10,19,21H,11-12H2,1H3/t19-,21-/m0/s1. The molecule has 198 valence electrons. The average molecular weight is 563 g/mol. The molecule has 2 aliphatic rings. The molecule has 2 aliphatic heterocycles. The number of aliphatic imine (C=N–C) groups is 1. The summed E-state index contributed by atoms with van der Waals surface area (Å²) in [5, 5.41) is 20.5. The van der Waals surface area contributed by atoms with Crippen LogP contribution in [0.25, 0.3) is 0 Å². The lowest BCUT2D eigenvalue weighted by Crippen LogP contribution is -2.64. The van der Waals surface area contributed by atoms with Crippen LogP contribution in [0.4, 0.5) is 11.4 Å². The van der Waals surface area contributed by atoms with Gasteiger partial charge in [0.25, 0.3) is 17.3 Å². The fraction of sp³-hybridized carbons (Fsp3) is 0.227. The smallest absolute Gasteiger partial charge is 0.355 e. The molecule has 1 saturated heterocycles. The van der Waals surface area contributed by atoms with E-state index >= 15 is 0 Å². The first-order valence-corrected chi connectivity index (χ1v) is 13.2. The van der Waals surface area contributed by atoms with E-state index in [1.807, 2.05) is 0 Å². The number of nitrogens with zero attached hydrogens (tertiary/aromatic N) is 4. The number of nitro groups is 2. The Kier molecular flexibility index (Phi) is 7.45. The molecule has 1 fully saturated rings. The zero-order chi connectivity index (χ0) is 27.6. The Hall–Kier alpha value is -4.31. The molecule has 2 aromatic rings. The number of amides is 1.